The van der Waals surface area contributed by atoms with Crippen LogP contribution in [0.4, 0.5) is 0 Å². The van der Waals surface area contributed by atoms with Crippen molar-refractivity contribution >= 4 is 52.0 Å². The monoisotopic (exact) mass is 550 g/mol. The molecule has 186 valence electrons. The molecule has 8 heteroatoms. The van der Waals surface area contributed by atoms with E-state index in [1.165, 1.54) is 0 Å². The number of piperidine rings is 1. The number of ether oxygens (including phenoxy) is 1. The maximum Gasteiger partial charge on any atom is 0.225 e. The van der Waals surface area contributed by atoms with Crippen molar-refractivity contribution in [1.82, 2.24) is 10.2 Å². The number of amides is 1. The smallest absolute Gasteiger partial charge is 0.225 e. The third-order valence-electron chi connectivity index (χ3n) is 6.20. The van der Waals surface area contributed by atoms with Gasteiger partial charge in [-0.05, 0) is 79.6 Å². The fraction of sp³-hybridized carbons (Fsp3) is 0.370. The highest BCUT2D eigenvalue weighted by Gasteiger charge is 2.22. The predicted octanol–water partition coefficient (Wildman–Crippen LogP) is 7.43. The Kier molecular flexibility index (Phi) is 9.75. The van der Waals surface area contributed by atoms with E-state index in [2.05, 4.69) is 10.2 Å². The van der Waals surface area contributed by atoms with E-state index in [4.69, 9.17) is 39.5 Å². The minimum Gasteiger partial charge on any atom is -0.490 e. The second kappa shape index (κ2) is 13.0. The largest absolute Gasteiger partial charge is 0.490 e. The summed E-state index contributed by atoms with van der Waals surface area (Å²) in [5.41, 5.74) is 0.979. The summed E-state index contributed by atoms with van der Waals surface area (Å²) in [6, 6.07) is 17.0. The van der Waals surface area contributed by atoms with Crippen LogP contribution in [0.25, 0.3) is 0 Å². The molecule has 35 heavy (non-hydrogen) atoms. The molecule has 0 radical (unpaired) electrons. The van der Waals surface area contributed by atoms with E-state index in [9.17, 15) is 4.79 Å². The van der Waals surface area contributed by atoms with Crippen LogP contribution in [0, 0.1) is 0 Å². The quantitative estimate of drug-likeness (QED) is 0.285. The molecule has 0 spiro atoms. The van der Waals surface area contributed by atoms with Gasteiger partial charge in [-0.1, -0.05) is 53.0 Å². The third kappa shape index (κ3) is 8.12. The first kappa shape index (κ1) is 26.3. The lowest BCUT2D eigenvalue weighted by Gasteiger charge is -2.32. The van der Waals surface area contributed by atoms with Crippen molar-refractivity contribution in [1.29, 1.82) is 0 Å². The first-order chi connectivity index (χ1) is 17.0. The van der Waals surface area contributed by atoms with Gasteiger partial charge in [-0.2, -0.15) is 0 Å². The van der Waals surface area contributed by atoms with Crippen molar-refractivity contribution in [3.05, 3.63) is 85.5 Å². The molecule has 1 fully saturated rings. The Morgan fingerprint density at radius 1 is 1.06 bits per heavy atom. The van der Waals surface area contributed by atoms with Crippen LogP contribution in [0.1, 0.15) is 42.2 Å². The molecule has 0 bridgehead atoms. The number of nitrogens with zero attached hydrogens (tertiary/aromatic N) is 1. The van der Waals surface area contributed by atoms with Crippen molar-refractivity contribution in [3.63, 3.8) is 0 Å². The Labute approximate surface area is 226 Å². The van der Waals surface area contributed by atoms with E-state index in [-0.39, 0.29) is 18.1 Å². The summed E-state index contributed by atoms with van der Waals surface area (Å²) in [7, 11) is 0. The number of carbonyl (C=O) groups is 1. The fourth-order valence-corrected chi connectivity index (χ4v) is 5.56. The average Bonchev–Trinajstić information content (AvgIpc) is 3.34. The Bertz CT molecular complexity index is 1100. The van der Waals surface area contributed by atoms with Gasteiger partial charge in [0.25, 0.3) is 0 Å². The molecule has 1 aliphatic rings. The molecule has 1 saturated heterocycles. The van der Waals surface area contributed by atoms with Crippen molar-refractivity contribution in [3.8, 4) is 5.75 Å². The predicted molar refractivity (Wildman–Crippen MR) is 146 cm³/mol. The molecule has 1 aliphatic heterocycles. The van der Waals surface area contributed by atoms with Crippen LogP contribution >= 0.6 is 46.1 Å². The van der Waals surface area contributed by atoms with Gasteiger partial charge in [-0.3, -0.25) is 4.79 Å². The number of benzene rings is 2. The van der Waals surface area contributed by atoms with Gasteiger partial charge < -0.3 is 15.0 Å². The van der Waals surface area contributed by atoms with Crippen LogP contribution in [-0.2, 0) is 11.2 Å². The second-order valence-corrected chi connectivity index (χ2v) is 11.1. The Morgan fingerprint density at radius 2 is 1.89 bits per heavy atom. The first-order valence-electron chi connectivity index (χ1n) is 11.9. The van der Waals surface area contributed by atoms with Crippen LogP contribution < -0.4 is 10.1 Å². The van der Waals surface area contributed by atoms with Gasteiger partial charge in [0.05, 0.1) is 22.5 Å². The molecule has 1 atom stereocenters. The molecular weight excluding hydrogens is 523 g/mol. The second-order valence-electron chi connectivity index (χ2n) is 8.81. The third-order valence-corrected chi connectivity index (χ3v) is 8.05. The molecule has 4 nitrogen and oxygen atoms in total. The van der Waals surface area contributed by atoms with Crippen LogP contribution in [0.2, 0.25) is 15.1 Å². The van der Waals surface area contributed by atoms with E-state index >= 15 is 0 Å². The maximum atomic E-state index is 12.7. The molecule has 0 saturated carbocycles. The van der Waals surface area contributed by atoms with Crippen molar-refractivity contribution in [2.24, 2.45) is 0 Å². The summed E-state index contributed by atoms with van der Waals surface area (Å²) >= 11 is 20.1. The Morgan fingerprint density at radius 3 is 2.60 bits per heavy atom. The summed E-state index contributed by atoms with van der Waals surface area (Å²) in [6.45, 7) is 2.96. The molecule has 1 unspecified atom stereocenters. The van der Waals surface area contributed by atoms with E-state index in [1.54, 1.807) is 17.4 Å². The lowest BCUT2D eigenvalue weighted by atomic mass is 10.0. The van der Waals surface area contributed by atoms with Crippen LogP contribution in [-0.4, -0.2) is 36.5 Å². The van der Waals surface area contributed by atoms with E-state index in [0.717, 1.165) is 61.5 Å². The zero-order chi connectivity index (χ0) is 24.6. The first-order valence-corrected chi connectivity index (χ1v) is 13.9. The maximum absolute atomic E-state index is 12.7. The summed E-state index contributed by atoms with van der Waals surface area (Å²) in [5, 5.41) is 6.91. The SMILES string of the molecule is O=C(Cc1cccs1)NC(CCCN1CCC(Oc2cccc(Cl)c2)CC1)c1ccc(Cl)c(Cl)c1. The van der Waals surface area contributed by atoms with Gasteiger partial charge in [-0.15, -0.1) is 11.3 Å². The zero-order valence-electron chi connectivity index (χ0n) is 19.4. The van der Waals surface area contributed by atoms with E-state index in [0.29, 0.717) is 21.5 Å². The van der Waals surface area contributed by atoms with Gasteiger partial charge in [0.1, 0.15) is 11.9 Å². The molecule has 3 aromatic rings. The standard InChI is InChI=1S/C27H29Cl3N2O2S/c28-20-4-1-5-22(17-20)34-21-10-13-32(14-11-21)12-2-7-26(19-8-9-24(29)25(30)16-19)31-27(33)18-23-6-3-15-35-23/h1,3-6,8-9,15-17,21,26H,2,7,10-14,18H2,(H,31,33). The van der Waals surface area contributed by atoms with E-state index < -0.39 is 0 Å². The highest BCUT2D eigenvalue weighted by Crippen LogP contribution is 2.28. The number of halogens is 3. The Balaban J connectivity index is 1.28. The van der Waals surface area contributed by atoms with Gasteiger partial charge in [0.15, 0.2) is 0 Å². The van der Waals surface area contributed by atoms with Crippen molar-refractivity contribution in [2.45, 2.75) is 44.2 Å². The topological polar surface area (TPSA) is 41.6 Å². The van der Waals surface area contributed by atoms with Gasteiger partial charge in [0.2, 0.25) is 5.91 Å². The number of rotatable bonds is 10. The van der Waals surface area contributed by atoms with Crippen LogP contribution in [0.15, 0.2) is 60.0 Å². The summed E-state index contributed by atoms with van der Waals surface area (Å²) < 4.78 is 6.11. The van der Waals surface area contributed by atoms with Gasteiger partial charge >= 0.3 is 0 Å². The molecular formula is C27H29Cl3N2O2S. The van der Waals surface area contributed by atoms with E-state index in [1.807, 2.05) is 53.9 Å². The highest BCUT2D eigenvalue weighted by atomic mass is 35.5. The van der Waals surface area contributed by atoms with Crippen LogP contribution in [0.5, 0.6) is 5.75 Å². The van der Waals surface area contributed by atoms with Gasteiger partial charge in [0, 0.05) is 23.0 Å². The molecule has 1 N–H and O–H groups in total. The fourth-order valence-electron chi connectivity index (χ4n) is 4.37. The molecule has 0 aliphatic carbocycles. The highest BCUT2D eigenvalue weighted by molar-refractivity contribution is 7.10. The number of carbonyl (C=O) groups excluding carboxylic acids is 1. The Hall–Kier alpha value is -1.76. The molecule has 4 rings (SSSR count). The summed E-state index contributed by atoms with van der Waals surface area (Å²) in [6.07, 6.45) is 4.36. The molecule has 2 aromatic carbocycles. The number of nitrogens with one attached hydrogen (secondary N) is 1. The normalized spacial score (nSPS) is 15.6. The van der Waals surface area contributed by atoms with Crippen LogP contribution in [0.3, 0.4) is 0 Å². The minimum absolute atomic E-state index is 0.0162. The minimum atomic E-state index is -0.110. The van der Waals surface area contributed by atoms with Crippen molar-refractivity contribution < 1.29 is 9.53 Å². The number of hydrogen-bond acceptors (Lipinski definition) is 4. The summed E-state index contributed by atoms with van der Waals surface area (Å²) in [5.74, 6) is 0.848. The zero-order valence-corrected chi connectivity index (χ0v) is 22.5. The number of hydrogen-bond donors (Lipinski definition) is 1. The number of likely N-dealkylation sites (tertiary alicyclic amines) is 1. The molecule has 1 amide bonds. The lowest BCUT2D eigenvalue weighted by Crippen LogP contribution is -2.39. The van der Waals surface area contributed by atoms with Gasteiger partial charge in [-0.25, -0.2) is 0 Å². The molecule has 2 heterocycles. The molecule has 1 aromatic heterocycles. The summed E-state index contributed by atoms with van der Waals surface area (Å²) in [4.78, 5) is 16.2. The number of thiophene rings is 1. The lowest BCUT2D eigenvalue weighted by molar-refractivity contribution is -0.121. The van der Waals surface area contributed by atoms with Crippen molar-refractivity contribution in [2.75, 3.05) is 19.6 Å². The average molecular weight is 552 g/mol.